The molecule has 0 spiro atoms. The van der Waals surface area contributed by atoms with Crippen LogP contribution < -0.4 is 0 Å². The topological polar surface area (TPSA) is 49.0 Å². The maximum Gasteiger partial charge on any atom is 0.223 e. The average molecular weight is 297 g/mol. The minimum atomic E-state index is 0.171. The van der Waals surface area contributed by atoms with Crippen molar-refractivity contribution in [3.8, 4) is 0 Å². The van der Waals surface area contributed by atoms with Gasteiger partial charge in [-0.1, -0.05) is 18.2 Å². The Bertz CT molecular complexity index is 745. The fraction of sp³-hybridized carbons (Fsp3) is 0.250. The standard InChI is InChI=1S/C16H15N3OS/c20-15-8-11(9-19(15)10-12-4-3-7-21-12)16-17-13-5-1-2-6-14(13)18-16/h1-7,11H,8-10H2,(H,17,18)/t11-/m0/s1. The third-order valence-corrected chi connectivity index (χ3v) is 4.80. The number of thiophene rings is 1. The number of hydrogen-bond acceptors (Lipinski definition) is 3. The molecule has 1 aliphatic heterocycles. The van der Waals surface area contributed by atoms with Gasteiger partial charge in [-0.3, -0.25) is 4.79 Å². The molecule has 1 atom stereocenters. The summed E-state index contributed by atoms with van der Waals surface area (Å²) in [5, 5.41) is 2.05. The van der Waals surface area contributed by atoms with E-state index in [4.69, 9.17) is 0 Å². The van der Waals surface area contributed by atoms with Crippen LogP contribution in [0.3, 0.4) is 0 Å². The highest BCUT2D eigenvalue weighted by molar-refractivity contribution is 7.09. The number of hydrogen-bond donors (Lipinski definition) is 1. The van der Waals surface area contributed by atoms with Gasteiger partial charge in [0.25, 0.3) is 0 Å². The maximum absolute atomic E-state index is 12.2. The van der Waals surface area contributed by atoms with Gasteiger partial charge in [-0.2, -0.15) is 0 Å². The molecule has 1 amide bonds. The van der Waals surface area contributed by atoms with Crippen LogP contribution in [0.2, 0.25) is 0 Å². The van der Waals surface area contributed by atoms with Gasteiger partial charge in [-0.05, 0) is 23.6 Å². The SMILES string of the molecule is O=C1C[C@H](c2nc3ccccc3[nH]2)CN1Cc1cccs1. The molecule has 1 aromatic carbocycles. The van der Waals surface area contributed by atoms with E-state index in [0.29, 0.717) is 13.0 Å². The molecule has 5 heteroatoms. The summed E-state index contributed by atoms with van der Waals surface area (Å²) < 4.78 is 0. The van der Waals surface area contributed by atoms with Crippen LogP contribution in [0.25, 0.3) is 11.0 Å². The number of rotatable bonds is 3. The molecular weight excluding hydrogens is 282 g/mol. The molecule has 0 aliphatic carbocycles. The lowest BCUT2D eigenvalue weighted by Crippen LogP contribution is -2.23. The molecule has 0 radical (unpaired) electrons. The van der Waals surface area contributed by atoms with Gasteiger partial charge in [0.2, 0.25) is 5.91 Å². The molecule has 106 valence electrons. The number of aromatic nitrogens is 2. The van der Waals surface area contributed by atoms with E-state index < -0.39 is 0 Å². The second-order valence-corrected chi connectivity index (χ2v) is 6.43. The number of nitrogens with zero attached hydrogens (tertiary/aromatic N) is 2. The molecule has 0 bridgehead atoms. The van der Waals surface area contributed by atoms with E-state index in [0.717, 1.165) is 23.4 Å². The van der Waals surface area contributed by atoms with E-state index in [2.05, 4.69) is 16.0 Å². The van der Waals surface area contributed by atoms with E-state index in [1.165, 1.54) is 4.88 Å². The van der Waals surface area contributed by atoms with Gasteiger partial charge in [-0.25, -0.2) is 4.98 Å². The van der Waals surface area contributed by atoms with Crippen LogP contribution in [-0.4, -0.2) is 27.3 Å². The molecular formula is C16H15N3OS. The second-order valence-electron chi connectivity index (χ2n) is 5.39. The van der Waals surface area contributed by atoms with Crippen molar-refractivity contribution in [3.05, 3.63) is 52.5 Å². The van der Waals surface area contributed by atoms with Crippen LogP contribution >= 0.6 is 11.3 Å². The highest BCUT2D eigenvalue weighted by Crippen LogP contribution is 2.29. The van der Waals surface area contributed by atoms with E-state index in [1.807, 2.05) is 40.6 Å². The molecule has 3 heterocycles. The van der Waals surface area contributed by atoms with E-state index in [1.54, 1.807) is 11.3 Å². The summed E-state index contributed by atoms with van der Waals surface area (Å²) in [5.74, 6) is 1.32. The van der Waals surface area contributed by atoms with Crippen molar-refractivity contribution < 1.29 is 4.79 Å². The molecule has 1 N–H and O–H groups in total. The third-order valence-electron chi connectivity index (χ3n) is 3.94. The van der Waals surface area contributed by atoms with Crippen LogP contribution in [0.5, 0.6) is 0 Å². The van der Waals surface area contributed by atoms with Gasteiger partial charge in [0.1, 0.15) is 5.82 Å². The number of amides is 1. The fourth-order valence-electron chi connectivity index (χ4n) is 2.86. The number of carbonyl (C=O) groups excluding carboxylic acids is 1. The molecule has 3 aromatic rings. The number of H-pyrrole nitrogens is 1. The molecule has 4 nitrogen and oxygen atoms in total. The van der Waals surface area contributed by atoms with Crippen LogP contribution in [0.15, 0.2) is 41.8 Å². The van der Waals surface area contributed by atoms with Gasteiger partial charge in [0.05, 0.1) is 17.6 Å². The normalized spacial score (nSPS) is 18.8. The zero-order chi connectivity index (χ0) is 14.2. The van der Waals surface area contributed by atoms with Gasteiger partial charge >= 0.3 is 0 Å². The number of likely N-dealkylation sites (tertiary alicyclic amines) is 1. The highest BCUT2D eigenvalue weighted by atomic mass is 32.1. The summed E-state index contributed by atoms with van der Waals surface area (Å²) in [6.45, 7) is 1.46. The van der Waals surface area contributed by atoms with Crippen molar-refractivity contribution in [2.45, 2.75) is 18.9 Å². The highest BCUT2D eigenvalue weighted by Gasteiger charge is 2.32. The van der Waals surface area contributed by atoms with Gasteiger partial charge < -0.3 is 9.88 Å². The maximum atomic E-state index is 12.2. The number of carbonyl (C=O) groups is 1. The summed E-state index contributed by atoms with van der Waals surface area (Å²) in [6, 6.07) is 12.1. The Morgan fingerprint density at radius 2 is 2.19 bits per heavy atom. The van der Waals surface area contributed by atoms with Crippen LogP contribution in [0.1, 0.15) is 23.0 Å². The lowest BCUT2D eigenvalue weighted by Gasteiger charge is -2.14. The summed E-state index contributed by atoms with van der Waals surface area (Å²) in [4.78, 5) is 23.3. The zero-order valence-corrected chi connectivity index (χ0v) is 12.3. The van der Waals surface area contributed by atoms with Crippen molar-refractivity contribution in [3.63, 3.8) is 0 Å². The van der Waals surface area contributed by atoms with Gasteiger partial charge in [0.15, 0.2) is 0 Å². The Balaban J connectivity index is 1.55. The fourth-order valence-corrected chi connectivity index (χ4v) is 3.58. The molecule has 1 aliphatic rings. The number of aromatic amines is 1. The average Bonchev–Trinajstić information content (AvgIpc) is 3.19. The van der Waals surface area contributed by atoms with Crippen LogP contribution in [-0.2, 0) is 11.3 Å². The van der Waals surface area contributed by atoms with Crippen LogP contribution in [0.4, 0.5) is 0 Å². The molecule has 0 saturated carbocycles. The molecule has 4 rings (SSSR count). The Labute approximate surface area is 126 Å². The Kier molecular flexibility index (Phi) is 3.00. The largest absolute Gasteiger partial charge is 0.342 e. The van der Waals surface area contributed by atoms with Crippen molar-refractivity contribution in [2.24, 2.45) is 0 Å². The van der Waals surface area contributed by atoms with E-state index >= 15 is 0 Å². The molecule has 2 aromatic heterocycles. The second kappa shape index (κ2) is 5.00. The lowest BCUT2D eigenvalue weighted by molar-refractivity contribution is -0.128. The summed E-state index contributed by atoms with van der Waals surface area (Å²) >= 11 is 1.70. The number of para-hydroxylation sites is 2. The predicted molar refractivity (Wildman–Crippen MR) is 83.2 cm³/mol. The third kappa shape index (κ3) is 2.34. The van der Waals surface area contributed by atoms with Crippen molar-refractivity contribution in [2.75, 3.05) is 6.54 Å². The molecule has 21 heavy (non-hydrogen) atoms. The first-order chi connectivity index (χ1) is 10.3. The molecule has 1 saturated heterocycles. The van der Waals surface area contributed by atoms with Gasteiger partial charge in [0, 0.05) is 23.8 Å². The monoisotopic (exact) mass is 297 g/mol. The Morgan fingerprint density at radius 1 is 1.29 bits per heavy atom. The van der Waals surface area contributed by atoms with E-state index in [-0.39, 0.29) is 11.8 Å². The minimum absolute atomic E-state index is 0.171. The summed E-state index contributed by atoms with van der Waals surface area (Å²) in [6.07, 6.45) is 0.547. The molecule has 0 unspecified atom stereocenters. The Morgan fingerprint density at radius 3 is 3.00 bits per heavy atom. The zero-order valence-electron chi connectivity index (χ0n) is 11.5. The smallest absolute Gasteiger partial charge is 0.223 e. The number of benzene rings is 1. The van der Waals surface area contributed by atoms with Crippen LogP contribution in [0, 0.1) is 0 Å². The predicted octanol–water partition coefficient (Wildman–Crippen LogP) is 3.14. The first kappa shape index (κ1) is 12.6. The molecule has 1 fully saturated rings. The summed E-state index contributed by atoms with van der Waals surface area (Å²) in [7, 11) is 0. The number of imidazole rings is 1. The lowest BCUT2D eigenvalue weighted by atomic mass is 10.1. The first-order valence-corrected chi connectivity index (χ1v) is 7.92. The summed E-state index contributed by atoms with van der Waals surface area (Å²) in [5.41, 5.74) is 2.01. The number of nitrogens with one attached hydrogen (secondary N) is 1. The first-order valence-electron chi connectivity index (χ1n) is 7.04. The van der Waals surface area contributed by atoms with Crippen molar-refractivity contribution >= 4 is 28.3 Å². The van der Waals surface area contributed by atoms with Gasteiger partial charge in [-0.15, -0.1) is 11.3 Å². The minimum Gasteiger partial charge on any atom is -0.342 e. The number of fused-ring (bicyclic) bond motifs is 1. The van der Waals surface area contributed by atoms with E-state index in [9.17, 15) is 4.79 Å². The van der Waals surface area contributed by atoms with Crippen molar-refractivity contribution in [1.82, 2.24) is 14.9 Å². The van der Waals surface area contributed by atoms with Crippen molar-refractivity contribution in [1.29, 1.82) is 0 Å². The Hall–Kier alpha value is -2.14. The quantitative estimate of drug-likeness (QED) is 0.807.